The zero-order valence-electron chi connectivity index (χ0n) is 12.1. The Balaban J connectivity index is 2.28. The molecule has 0 aliphatic rings. The average Bonchev–Trinajstić information content (AvgIpc) is 2.44. The Hall–Kier alpha value is -1.09. The van der Waals surface area contributed by atoms with Gasteiger partial charge in [0.05, 0.1) is 0 Å². The maximum atomic E-state index is 13.1. The SMILES string of the molecule is CCNC(Cc1ccc(F)cc1Cl)c1ccc(Cl)c(C)c1. The van der Waals surface area contributed by atoms with E-state index < -0.39 is 0 Å². The van der Waals surface area contributed by atoms with Crippen molar-refractivity contribution in [2.75, 3.05) is 6.54 Å². The number of hydrogen-bond donors (Lipinski definition) is 1. The van der Waals surface area contributed by atoms with E-state index in [0.29, 0.717) is 11.4 Å². The molecule has 0 aliphatic carbocycles. The van der Waals surface area contributed by atoms with Crippen LogP contribution in [0, 0.1) is 12.7 Å². The van der Waals surface area contributed by atoms with Crippen LogP contribution in [0.5, 0.6) is 0 Å². The maximum Gasteiger partial charge on any atom is 0.124 e. The molecule has 0 heterocycles. The molecule has 2 aromatic rings. The van der Waals surface area contributed by atoms with Crippen LogP contribution in [0.4, 0.5) is 4.39 Å². The zero-order chi connectivity index (χ0) is 15.4. The number of likely N-dealkylation sites (N-methyl/N-ethyl adjacent to an activating group) is 1. The maximum absolute atomic E-state index is 13.1. The summed E-state index contributed by atoms with van der Waals surface area (Å²) in [5, 5.41) is 4.66. The first-order valence-electron chi connectivity index (χ1n) is 6.94. The summed E-state index contributed by atoms with van der Waals surface area (Å²) in [5.41, 5.74) is 3.12. The van der Waals surface area contributed by atoms with Crippen molar-refractivity contribution in [3.05, 3.63) is 69.0 Å². The molecular formula is C17H18Cl2FN. The average molecular weight is 326 g/mol. The van der Waals surface area contributed by atoms with Crippen LogP contribution in [0.1, 0.15) is 29.7 Å². The molecule has 0 fully saturated rings. The molecule has 21 heavy (non-hydrogen) atoms. The normalized spacial score (nSPS) is 12.4. The highest BCUT2D eigenvalue weighted by molar-refractivity contribution is 6.31. The molecule has 0 bridgehead atoms. The number of aryl methyl sites for hydroxylation is 1. The van der Waals surface area contributed by atoms with E-state index in [4.69, 9.17) is 23.2 Å². The standard InChI is InChI=1S/C17H18Cl2FN/c1-3-21-17(13-5-7-15(18)11(2)8-13)9-12-4-6-14(20)10-16(12)19/h4-8,10,17,21H,3,9H2,1-2H3. The highest BCUT2D eigenvalue weighted by Crippen LogP contribution is 2.26. The predicted molar refractivity (Wildman–Crippen MR) is 87.7 cm³/mol. The summed E-state index contributed by atoms with van der Waals surface area (Å²) >= 11 is 12.2. The highest BCUT2D eigenvalue weighted by atomic mass is 35.5. The van der Waals surface area contributed by atoms with E-state index in [0.717, 1.165) is 28.3 Å². The molecule has 1 N–H and O–H groups in total. The van der Waals surface area contributed by atoms with E-state index in [2.05, 4.69) is 18.3 Å². The monoisotopic (exact) mass is 325 g/mol. The molecule has 1 nitrogen and oxygen atoms in total. The second-order valence-electron chi connectivity index (χ2n) is 5.06. The molecule has 0 spiro atoms. The summed E-state index contributed by atoms with van der Waals surface area (Å²) in [5.74, 6) is -0.314. The van der Waals surface area contributed by atoms with Crippen LogP contribution in [0.25, 0.3) is 0 Å². The van der Waals surface area contributed by atoms with Gasteiger partial charge in [-0.1, -0.05) is 48.3 Å². The lowest BCUT2D eigenvalue weighted by Crippen LogP contribution is -2.23. The first kappa shape index (κ1) is 16.3. The number of hydrogen-bond acceptors (Lipinski definition) is 1. The van der Waals surface area contributed by atoms with Crippen molar-refractivity contribution in [1.29, 1.82) is 0 Å². The fourth-order valence-corrected chi connectivity index (χ4v) is 2.71. The Bertz CT molecular complexity index is 628. The lowest BCUT2D eigenvalue weighted by atomic mass is 9.97. The minimum Gasteiger partial charge on any atom is -0.310 e. The van der Waals surface area contributed by atoms with Crippen molar-refractivity contribution in [3.63, 3.8) is 0 Å². The van der Waals surface area contributed by atoms with Gasteiger partial charge in [0.2, 0.25) is 0 Å². The molecule has 0 aromatic heterocycles. The van der Waals surface area contributed by atoms with E-state index in [1.165, 1.54) is 12.1 Å². The first-order chi connectivity index (χ1) is 10.0. The largest absolute Gasteiger partial charge is 0.310 e. The zero-order valence-corrected chi connectivity index (χ0v) is 13.6. The molecule has 4 heteroatoms. The van der Waals surface area contributed by atoms with E-state index >= 15 is 0 Å². The van der Waals surface area contributed by atoms with Crippen molar-refractivity contribution < 1.29 is 4.39 Å². The second kappa shape index (κ2) is 7.26. The Morgan fingerprint density at radius 1 is 1.10 bits per heavy atom. The van der Waals surface area contributed by atoms with Gasteiger partial charge < -0.3 is 5.32 Å². The summed E-state index contributed by atoms with van der Waals surface area (Å²) < 4.78 is 13.1. The van der Waals surface area contributed by atoms with Gasteiger partial charge in [-0.3, -0.25) is 0 Å². The first-order valence-corrected chi connectivity index (χ1v) is 7.70. The van der Waals surface area contributed by atoms with Crippen LogP contribution in [0.15, 0.2) is 36.4 Å². The van der Waals surface area contributed by atoms with E-state index in [9.17, 15) is 4.39 Å². The number of nitrogens with one attached hydrogen (secondary N) is 1. The third-order valence-corrected chi connectivity index (χ3v) is 4.25. The molecule has 0 aliphatic heterocycles. The summed E-state index contributed by atoms with van der Waals surface area (Å²) in [6, 6.07) is 10.7. The van der Waals surface area contributed by atoms with Gasteiger partial charge in [0.25, 0.3) is 0 Å². The molecule has 0 saturated heterocycles. The van der Waals surface area contributed by atoms with E-state index in [-0.39, 0.29) is 11.9 Å². The Morgan fingerprint density at radius 2 is 1.86 bits per heavy atom. The number of halogens is 3. The Morgan fingerprint density at radius 3 is 2.48 bits per heavy atom. The quantitative estimate of drug-likeness (QED) is 0.782. The molecule has 1 atom stereocenters. The van der Waals surface area contributed by atoms with E-state index in [1.54, 1.807) is 6.07 Å². The van der Waals surface area contributed by atoms with Gasteiger partial charge in [0, 0.05) is 16.1 Å². The third-order valence-electron chi connectivity index (χ3n) is 3.47. The fourth-order valence-electron chi connectivity index (χ4n) is 2.35. The number of benzene rings is 2. The van der Waals surface area contributed by atoms with Crippen LogP contribution in [0.3, 0.4) is 0 Å². The summed E-state index contributed by atoms with van der Waals surface area (Å²) in [6.07, 6.45) is 0.702. The molecule has 112 valence electrons. The van der Waals surface area contributed by atoms with Crippen LogP contribution >= 0.6 is 23.2 Å². The highest BCUT2D eigenvalue weighted by Gasteiger charge is 2.14. The van der Waals surface area contributed by atoms with Crippen molar-refractivity contribution in [1.82, 2.24) is 5.32 Å². The molecule has 1 unspecified atom stereocenters. The summed E-state index contributed by atoms with van der Waals surface area (Å²) in [4.78, 5) is 0. The molecule has 2 aromatic carbocycles. The molecule has 2 rings (SSSR count). The Kier molecular flexibility index (Phi) is 5.63. The third kappa shape index (κ3) is 4.19. The van der Waals surface area contributed by atoms with Crippen LogP contribution < -0.4 is 5.32 Å². The van der Waals surface area contributed by atoms with Gasteiger partial charge in [-0.25, -0.2) is 4.39 Å². The molecule has 0 saturated carbocycles. The fraction of sp³-hybridized carbons (Fsp3) is 0.294. The van der Waals surface area contributed by atoms with Crippen LogP contribution in [0.2, 0.25) is 10.0 Å². The molecular weight excluding hydrogens is 308 g/mol. The van der Waals surface area contributed by atoms with Gasteiger partial charge in [-0.05, 0) is 54.8 Å². The van der Waals surface area contributed by atoms with Gasteiger partial charge >= 0.3 is 0 Å². The molecule has 0 radical (unpaired) electrons. The lowest BCUT2D eigenvalue weighted by Gasteiger charge is -2.20. The van der Waals surface area contributed by atoms with E-state index in [1.807, 2.05) is 19.1 Å². The van der Waals surface area contributed by atoms with Gasteiger partial charge in [0.15, 0.2) is 0 Å². The van der Waals surface area contributed by atoms with Crippen molar-refractivity contribution >= 4 is 23.2 Å². The van der Waals surface area contributed by atoms with Crippen LogP contribution in [-0.4, -0.2) is 6.54 Å². The Labute approximate surface area is 135 Å². The van der Waals surface area contributed by atoms with Crippen molar-refractivity contribution in [2.45, 2.75) is 26.3 Å². The lowest BCUT2D eigenvalue weighted by molar-refractivity contribution is 0.548. The number of rotatable bonds is 5. The minimum absolute atomic E-state index is 0.119. The predicted octanol–water partition coefficient (Wildman–Crippen LogP) is 5.33. The minimum atomic E-state index is -0.314. The van der Waals surface area contributed by atoms with Crippen LogP contribution in [-0.2, 0) is 6.42 Å². The topological polar surface area (TPSA) is 12.0 Å². The van der Waals surface area contributed by atoms with Crippen molar-refractivity contribution in [2.24, 2.45) is 0 Å². The van der Waals surface area contributed by atoms with Gasteiger partial charge in [-0.15, -0.1) is 0 Å². The van der Waals surface area contributed by atoms with Crippen molar-refractivity contribution in [3.8, 4) is 0 Å². The van der Waals surface area contributed by atoms with Gasteiger partial charge in [-0.2, -0.15) is 0 Å². The smallest absolute Gasteiger partial charge is 0.124 e. The van der Waals surface area contributed by atoms with Gasteiger partial charge in [0.1, 0.15) is 5.82 Å². The summed E-state index contributed by atoms with van der Waals surface area (Å²) in [7, 11) is 0. The molecule has 0 amide bonds. The second-order valence-corrected chi connectivity index (χ2v) is 5.87. The summed E-state index contributed by atoms with van der Waals surface area (Å²) in [6.45, 7) is 4.88.